The summed E-state index contributed by atoms with van der Waals surface area (Å²) in [7, 11) is 0. The van der Waals surface area contributed by atoms with Crippen molar-refractivity contribution in [1.29, 1.82) is 0 Å². The molecule has 1 N–H and O–H groups in total. The number of nitrogens with zero attached hydrogens (tertiary/aromatic N) is 1. The summed E-state index contributed by atoms with van der Waals surface area (Å²) in [5.74, 6) is -3.72. The smallest absolute Gasteiger partial charge is 0.300 e. The lowest BCUT2D eigenvalue weighted by molar-refractivity contribution is -0.132. The summed E-state index contributed by atoms with van der Waals surface area (Å²) in [6, 6.07) is 18.9. The molecule has 0 saturated carbocycles. The third-order valence-electron chi connectivity index (χ3n) is 6.11. The number of aryl methyl sites for hydroxylation is 1. The lowest BCUT2D eigenvalue weighted by atomic mass is 9.98. The molecule has 0 bridgehead atoms. The minimum Gasteiger partial charge on any atom is -0.507 e. The molecule has 1 amide bonds. The van der Waals surface area contributed by atoms with Gasteiger partial charge in [0.15, 0.2) is 0 Å². The van der Waals surface area contributed by atoms with Gasteiger partial charge in [-0.05, 0) is 60.5 Å². The molecule has 2 heterocycles. The summed E-state index contributed by atoms with van der Waals surface area (Å²) in [6.45, 7) is 2.13. The highest BCUT2D eigenvalue weighted by molar-refractivity contribution is 6.51. The maximum atomic E-state index is 14.7. The van der Waals surface area contributed by atoms with Gasteiger partial charge in [0.1, 0.15) is 41.6 Å². The standard InChI is InChI=1S/C29H21F2NO5/c1-17-14-19(9-12-23(17)37-16-18-6-3-2-4-7-18)27(33)25-26(24-8-5-13-36-24)32(29(35)28(25)34)22-11-10-20(30)15-21(22)31/h2-15,26,33H,16H2,1H3/b27-25-. The van der Waals surface area contributed by atoms with Gasteiger partial charge in [0.25, 0.3) is 11.7 Å². The molecule has 37 heavy (non-hydrogen) atoms. The maximum Gasteiger partial charge on any atom is 0.300 e. The number of anilines is 1. The highest BCUT2D eigenvalue weighted by Gasteiger charge is 2.49. The number of Topliss-reactive ketones (excluding diaryl/α,β-unsaturated/α-hetero) is 1. The zero-order valence-corrected chi connectivity index (χ0v) is 19.7. The number of aliphatic hydroxyl groups is 1. The Balaban J connectivity index is 1.54. The zero-order valence-electron chi connectivity index (χ0n) is 19.7. The Bertz CT molecular complexity index is 1510. The largest absolute Gasteiger partial charge is 0.507 e. The molecule has 5 rings (SSSR count). The number of carbonyl (C=O) groups is 2. The number of furan rings is 1. The second-order valence-electron chi connectivity index (χ2n) is 8.53. The van der Waals surface area contributed by atoms with Gasteiger partial charge in [-0.2, -0.15) is 0 Å². The minimum atomic E-state index is -1.26. The molecule has 4 aromatic rings. The lowest BCUT2D eigenvalue weighted by Gasteiger charge is -2.23. The average Bonchev–Trinajstić information content (AvgIpc) is 3.51. The monoisotopic (exact) mass is 501 g/mol. The number of ketones is 1. The zero-order chi connectivity index (χ0) is 26.1. The quantitative estimate of drug-likeness (QED) is 0.197. The van der Waals surface area contributed by atoms with E-state index in [0.717, 1.165) is 22.6 Å². The molecule has 1 fully saturated rings. The first-order chi connectivity index (χ1) is 17.8. The molecule has 0 radical (unpaired) electrons. The fraction of sp³-hybridized carbons (Fsp3) is 0.103. The van der Waals surface area contributed by atoms with Crippen molar-refractivity contribution in [3.8, 4) is 5.75 Å². The fourth-order valence-electron chi connectivity index (χ4n) is 4.32. The van der Waals surface area contributed by atoms with E-state index in [9.17, 15) is 23.5 Å². The second kappa shape index (κ2) is 9.73. The van der Waals surface area contributed by atoms with Crippen LogP contribution in [0.4, 0.5) is 14.5 Å². The van der Waals surface area contributed by atoms with E-state index in [1.165, 1.54) is 12.3 Å². The fourth-order valence-corrected chi connectivity index (χ4v) is 4.32. The average molecular weight is 501 g/mol. The van der Waals surface area contributed by atoms with Crippen LogP contribution in [-0.2, 0) is 16.2 Å². The molecule has 1 aromatic heterocycles. The van der Waals surface area contributed by atoms with E-state index in [1.54, 1.807) is 31.2 Å². The third kappa shape index (κ3) is 4.49. The first-order valence-corrected chi connectivity index (χ1v) is 11.4. The second-order valence-corrected chi connectivity index (χ2v) is 8.53. The summed E-state index contributed by atoms with van der Waals surface area (Å²) in [5, 5.41) is 11.2. The number of ether oxygens (including phenoxy) is 1. The van der Waals surface area contributed by atoms with E-state index in [0.29, 0.717) is 24.0 Å². The Kier molecular flexibility index (Phi) is 6.31. The molecule has 1 saturated heterocycles. The first-order valence-electron chi connectivity index (χ1n) is 11.4. The Morgan fingerprint density at radius 3 is 2.46 bits per heavy atom. The Hall–Kier alpha value is -4.72. The van der Waals surface area contributed by atoms with Crippen LogP contribution in [0.25, 0.3) is 5.76 Å². The van der Waals surface area contributed by atoms with Gasteiger partial charge in [-0.1, -0.05) is 30.3 Å². The van der Waals surface area contributed by atoms with E-state index < -0.39 is 35.1 Å². The summed E-state index contributed by atoms with van der Waals surface area (Å²) in [4.78, 5) is 27.0. The predicted molar refractivity (Wildman–Crippen MR) is 132 cm³/mol. The van der Waals surface area contributed by atoms with Crippen LogP contribution in [0.3, 0.4) is 0 Å². The SMILES string of the molecule is Cc1cc(/C(O)=C2/C(=O)C(=O)N(c3ccc(F)cc3F)C2c2ccco2)ccc1OCc1ccccc1. The lowest BCUT2D eigenvalue weighted by Crippen LogP contribution is -2.30. The Labute approximate surface area is 211 Å². The molecule has 8 heteroatoms. The molecule has 3 aromatic carbocycles. The van der Waals surface area contributed by atoms with Crippen molar-refractivity contribution in [2.24, 2.45) is 0 Å². The van der Waals surface area contributed by atoms with Crippen molar-refractivity contribution in [1.82, 2.24) is 0 Å². The third-order valence-corrected chi connectivity index (χ3v) is 6.11. The Morgan fingerprint density at radius 2 is 1.78 bits per heavy atom. The highest BCUT2D eigenvalue weighted by atomic mass is 19.1. The number of aliphatic hydroxyl groups excluding tert-OH is 1. The number of hydrogen-bond donors (Lipinski definition) is 1. The van der Waals surface area contributed by atoms with Crippen LogP contribution in [0.2, 0.25) is 0 Å². The summed E-state index contributed by atoms with van der Waals surface area (Å²) < 4.78 is 39.6. The molecular weight excluding hydrogens is 480 g/mol. The number of benzene rings is 3. The van der Waals surface area contributed by atoms with Gasteiger partial charge in [0, 0.05) is 11.6 Å². The van der Waals surface area contributed by atoms with Gasteiger partial charge in [0.2, 0.25) is 0 Å². The number of halogens is 2. The summed E-state index contributed by atoms with van der Waals surface area (Å²) >= 11 is 0. The van der Waals surface area contributed by atoms with Crippen molar-refractivity contribution in [2.75, 3.05) is 4.90 Å². The molecular formula is C29H21F2NO5. The van der Waals surface area contributed by atoms with Crippen LogP contribution in [0.15, 0.2) is 95.1 Å². The molecule has 186 valence electrons. The van der Waals surface area contributed by atoms with Crippen molar-refractivity contribution >= 4 is 23.1 Å². The van der Waals surface area contributed by atoms with Gasteiger partial charge >= 0.3 is 0 Å². The summed E-state index contributed by atoms with van der Waals surface area (Å²) in [6.07, 6.45) is 1.33. The normalized spacial score (nSPS) is 16.8. The van der Waals surface area contributed by atoms with Crippen LogP contribution in [0.5, 0.6) is 5.75 Å². The van der Waals surface area contributed by atoms with Crippen LogP contribution in [-0.4, -0.2) is 16.8 Å². The van der Waals surface area contributed by atoms with Crippen LogP contribution in [0, 0.1) is 18.6 Å². The predicted octanol–water partition coefficient (Wildman–Crippen LogP) is 6.07. The van der Waals surface area contributed by atoms with Gasteiger partial charge in [-0.15, -0.1) is 0 Å². The molecule has 0 aliphatic carbocycles. The number of hydrogen-bond acceptors (Lipinski definition) is 5. The van der Waals surface area contributed by atoms with Crippen molar-refractivity contribution in [3.05, 3.63) is 125 Å². The number of amides is 1. The van der Waals surface area contributed by atoms with Crippen LogP contribution >= 0.6 is 0 Å². The molecule has 0 spiro atoms. The van der Waals surface area contributed by atoms with E-state index in [2.05, 4.69) is 0 Å². The van der Waals surface area contributed by atoms with E-state index >= 15 is 0 Å². The van der Waals surface area contributed by atoms with E-state index in [-0.39, 0.29) is 22.6 Å². The molecule has 1 atom stereocenters. The molecule has 1 aliphatic heterocycles. The first kappa shape index (κ1) is 24.0. The number of carbonyl (C=O) groups excluding carboxylic acids is 2. The minimum absolute atomic E-state index is 0.129. The van der Waals surface area contributed by atoms with Crippen molar-refractivity contribution in [3.63, 3.8) is 0 Å². The summed E-state index contributed by atoms with van der Waals surface area (Å²) in [5.41, 5.74) is 1.35. The van der Waals surface area contributed by atoms with Gasteiger partial charge in [-0.3, -0.25) is 14.5 Å². The molecule has 6 nitrogen and oxygen atoms in total. The maximum absolute atomic E-state index is 14.7. The van der Waals surface area contributed by atoms with Crippen molar-refractivity contribution in [2.45, 2.75) is 19.6 Å². The van der Waals surface area contributed by atoms with E-state index in [1.807, 2.05) is 30.3 Å². The number of rotatable bonds is 6. The van der Waals surface area contributed by atoms with Gasteiger partial charge in [-0.25, -0.2) is 8.78 Å². The topological polar surface area (TPSA) is 80.0 Å². The van der Waals surface area contributed by atoms with E-state index in [4.69, 9.17) is 9.15 Å². The van der Waals surface area contributed by atoms with Crippen LogP contribution in [0.1, 0.15) is 28.5 Å². The highest BCUT2D eigenvalue weighted by Crippen LogP contribution is 2.43. The van der Waals surface area contributed by atoms with Gasteiger partial charge in [0.05, 0.1) is 17.5 Å². The van der Waals surface area contributed by atoms with Crippen molar-refractivity contribution < 1.29 is 32.6 Å². The van der Waals surface area contributed by atoms with Crippen LogP contribution < -0.4 is 9.64 Å². The van der Waals surface area contributed by atoms with Gasteiger partial charge < -0.3 is 14.3 Å². The molecule has 1 unspecified atom stereocenters. The Morgan fingerprint density at radius 1 is 1.00 bits per heavy atom. The molecule has 1 aliphatic rings.